The van der Waals surface area contributed by atoms with Crippen molar-refractivity contribution in [2.75, 3.05) is 7.11 Å². The van der Waals surface area contributed by atoms with Gasteiger partial charge >= 0.3 is 12.1 Å². The van der Waals surface area contributed by atoms with Gasteiger partial charge in [0.05, 0.1) is 12.0 Å². The lowest BCUT2D eigenvalue weighted by molar-refractivity contribution is -0.182. The number of esters is 1. The number of methoxy groups -OCH3 is 1. The van der Waals surface area contributed by atoms with Gasteiger partial charge < -0.3 is 24.3 Å². The highest BCUT2D eigenvalue weighted by Crippen LogP contribution is 2.37. The molecular formula is C25H40N2O8. The Morgan fingerprint density at radius 3 is 2.09 bits per heavy atom. The molecule has 35 heavy (non-hydrogen) atoms. The average Bonchev–Trinajstić information content (AvgIpc) is 3.08. The van der Waals surface area contributed by atoms with Crippen LogP contribution in [0.1, 0.15) is 74.7 Å². The fourth-order valence-electron chi connectivity index (χ4n) is 3.84. The molecule has 1 aliphatic heterocycles. The van der Waals surface area contributed by atoms with Crippen molar-refractivity contribution in [2.45, 2.75) is 110 Å². The van der Waals surface area contributed by atoms with Crippen molar-refractivity contribution in [3.05, 3.63) is 0 Å². The first kappa shape index (κ1) is 30.4. The van der Waals surface area contributed by atoms with Crippen molar-refractivity contribution in [1.82, 2.24) is 10.2 Å². The Balaban J connectivity index is 3.40. The van der Waals surface area contributed by atoms with Crippen LogP contribution < -0.4 is 5.32 Å². The highest BCUT2D eigenvalue weighted by molar-refractivity contribution is 5.99. The van der Waals surface area contributed by atoms with Crippen molar-refractivity contribution in [2.24, 2.45) is 5.92 Å². The monoisotopic (exact) mass is 496 g/mol. The Hall–Kier alpha value is -2.64. The summed E-state index contributed by atoms with van der Waals surface area (Å²) < 4.78 is 22.2. The number of rotatable bonds is 9. The van der Waals surface area contributed by atoms with Crippen LogP contribution in [0.3, 0.4) is 0 Å². The van der Waals surface area contributed by atoms with Crippen molar-refractivity contribution >= 4 is 23.8 Å². The topological polar surface area (TPSA) is 120 Å². The van der Waals surface area contributed by atoms with E-state index in [1.165, 1.54) is 18.9 Å². The number of nitrogens with zero attached hydrogens (tertiary/aromatic N) is 1. The minimum atomic E-state index is -1.07. The third kappa shape index (κ3) is 9.49. The fourth-order valence-corrected chi connectivity index (χ4v) is 3.84. The van der Waals surface area contributed by atoms with E-state index in [9.17, 15) is 19.2 Å². The van der Waals surface area contributed by atoms with Gasteiger partial charge in [-0.05, 0) is 66.7 Å². The maximum atomic E-state index is 13.3. The number of hydrogen-bond donors (Lipinski definition) is 1. The van der Waals surface area contributed by atoms with Crippen LogP contribution in [-0.2, 0) is 33.3 Å². The van der Waals surface area contributed by atoms with Crippen LogP contribution in [0, 0.1) is 18.3 Å². The third-order valence-electron chi connectivity index (χ3n) is 5.21. The summed E-state index contributed by atoms with van der Waals surface area (Å²) >= 11 is 0. The predicted octanol–water partition coefficient (Wildman–Crippen LogP) is 2.78. The maximum Gasteiger partial charge on any atom is 0.411 e. The zero-order chi connectivity index (χ0) is 27.1. The summed E-state index contributed by atoms with van der Waals surface area (Å²) in [6.07, 6.45) is 3.70. The number of nitrogens with one attached hydrogen (secondary N) is 1. The predicted molar refractivity (Wildman–Crippen MR) is 128 cm³/mol. The Morgan fingerprint density at radius 2 is 1.66 bits per heavy atom. The molecule has 10 nitrogen and oxygen atoms in total. The Morgan fingerprint density at radius 1 is 1.09 bits per heavy atom. The van der Waals surface area contributed by atoms with E-state index in [2.05, 4.69) is 11.2 Å². The number of amides is 2. The molecule has 1 saturated heterocycles. The van der Waals surface area contributed by atoms with Crippen LogP contribution in [0.2, 0.25) is 0 Å². The van der Waals surface area contributed by atoms with Gasteiger partial charge in [-0.25, -0.2) is 9.59 Å². The van der Waals surface area contributed by atoms with Crippen molar-refractivity contribution in [1.29, 1.82) is 0 Å². The maximum absolute atomic E-state index is 13.3. The second-order valence-electron chi connectivity index (χ2n) is 10.5. The second kappa shape index (κ2) is 12.4. The summed E-state index contributed by atoms with van der Waals surface area (Å²) in [5.74, 6) is -0.236. The first-order valence-corrected chi connectivity index (χ1v) is 11.7. The molecule has 0 aromatic carbocycles. The summed E-state index contributed by atoms with van der Waals surface area (Å²) in [7, 11) is 1.37. The van der Waals surface area contributed by atoms with Gasteiger partial charge in [-0.3, -0.25) is 14.5 Å². The molecule has 0 saturated carbocycles. The van der Waals surface area contributed by atoms with E-state index in [-0.39, 0.29) is 18.7 Å². The van der Waals surface area contributed by atoms with E-state index in [4.69, 9.17) is 25.4 Å². The minimum Gasteiger partial charge on any atom is -0.458 e. The molecule has 2 unspecified atom stereocenters. The lowest BCUT2D eigenvalue weighted by atomic mass is 9.90. The molecule has 1 rings (SSSR count). The van der Waals surface area contributed by atoms with Gasteiger partial charge in [-0.2, -0.15) is 0 Å². The molecule has 0 aromatic heterocycles. The van der Waals surface area contributed by atoms with Crippen LogP contribution in [0.15, 0.2) is 0 Å². The second-order valence-corrected chi connectivity index (χ2v) is 10.5. The molecule has 10 heteroatoms. The summed E-state index contributed by atoms with van der Waals surface area (Å²) in [5, 5.41) is 2.52. The number of carbonyl (C=O) groups is 4. The summed E-state index contributed by atoms with van der Waals surface area (Å²) in [6, 6.07) is -1.87. The Kier molecular flexibility index (Phi) is 10.7. The molecule has 0 bridgehead atoms. The third-order valence-corrected chi connectivity index (χ3v) is 5.21. The van der Waals surface area contributed by atoms with Crippen LogP contribution >= 0.6 is 0 Å². The molecular weight excluding hydrogens is 456 g/mol. The largest absolute Gasteiger partial charge is 0.458 e. The quantitative estimate of drug-likeness (QED) is 0.224. The first-order valence-electron chi connectivity index (χ1n) is 11.7. The highest BCUT2D eigenvalue weighted by atomic mass is 16.7. The van der Waals surface area contributed by atoms with Gasteiger partial charge in [0.15, 0.2) is 0 Å². The van der Waals surface area contributed by atoms with E-state index in [1.54, 1.807) is 41.5 Å². The van der Waals surface area contributed by atoms with Crippen molar-refractivity contribution < 1.29 is 38.1 Å². The summed E-state index contributed by atoms with van der Waals surface area (Å²) in [5.41, 5.74) is -1.65. The van der Waals surface area contributed by atoms with E-state index in [0.29, 0.717) is 6.42 Å². The summed E-state index contributed by atoms with van der Waals surface area (Å²) in [4.78, 5) is 51.9. The molecule has 198 valence electrons. The van der Waals surface area contributed by atoms with Crippen LogP contribution in [0.25, 0.3) is 0 Å². The lowest BCUT2D eigenvalue weighted by Gasteiger charge is -2.35. The van der Waals surface area contributed by atoms with Gasteiger partial charge in [0, 0.05) is 20.1 Å². The number of hydrogen-bond acceptors (Lipinski definition) is 8. The molecule has 0 spiro atoms. The number of ketones is 1. The van der Waals surface area contributed by atoms with E-state index in [1.807, 2.05) is 6.92 Å². The van der Waals surface area contributed by atoms with Crippen LogP contribution in [0.5, 0.6) is 0 Å². The number of ether oxygens (including phenoxy) is 4. The molecule has 1 heterocycles. The van der Waals surface area contributed by atoms with Gasteiger partial charge in [0.2, 0.25) is 18.1 Å². The molecule has 1 aliphatic rings. The minimum absolute atomic E-state index is 0.00229. The number of carbonyl (C=O) groups excluding carboxylic acids is 4. The standard InChI is InChI=1S/C25H40N2O8/c1-11-16(33-22(32-10)26-15(3)28)13-18-17(20(29)12-2)14-19(21(30)34-24(4,5)6)27(18)23(31)35-25(7,8)9/h2,16-19,22H,11,13-14H2,1,3-10H3,(H,26,28)/t16-,17-,18-,19?,22?/m1/s1. The van der Waals surface area contributed by atoms with Crippen molar-refractivity contribution in [3.63, 3.8) is 0 Å². The highest BCUT2D eigenvalue weighted by Gasteiger charge is 2.52. The molecule has 0 aromatic rings. The van der Waals surface area contributed by atoms with Crippen LogP contribution in [0.4, 0.5) is 4.79 Å². The Bertz CT molecular complexity index is 821. The molecule has 0 aliphatic carbocycles. The van der Waals surface area contributed by atoms with Crippen molar-refractivity contribution in [3.8, 4) is 12.3 Å². The normalized spacial score (nSPS) is 22.1. The molecule has 1 fully saturated rings. The van der Waals surface area contributed by atoms with E-state index < -0.39 is 59.6 Å². The zero-order valence-corrected chi connectivity index (χ0v) is 22.3. The van der Waals surface area contributed by atoms with E-state index >= 15 is 0 Å². The van der Waals surface area contributed by atoms with E-state index in [0.717, 1.165) is 0 Å². The van der Waals surface area contributed by atoms with Gasteiger partial charge in [-0.15, -0.1) is 6.42 Å². The Labute approximate surface area is 208 Å². The fraction of sp³-hybridized carbons (Fsp3) is 0.760. The lowest BCUT2D eigenvalue weighted by Crippen LogP contribution is -2.51. The van der Waals surface area contributed by atoms with Gasteiger partial charge in [0.25, 0.3) is 0 Å². The van der Waals surface area contributed by atoms with Crippen LogP contribution in [-0.4, -0.2) is 71.6 Å². The molecule has 0 radical (unpaired) electrons. The number of Topliss-reactive ketones (excluding diaryl/α,β-unsaturated/α-hetero) is 1. The number of likely N-dealkylation sites (tertiary alicyclic amines) is 1. The van der Waals surface area contributed by atoms with Gasteiger partial charge in [-0.1, -0.05) is 6.92 Å². The zero-order valence-electron chi connectivity index (χ0n) is 22.3. The molecule has 5 atom stereocenters. The molecule has 1 N–H and O–H groups in total. The smallest absolute Gasteiger partial charge is 0.411 e. The summed E-state index contributed by atoms with van der Waals surface area (Å²) in [6.45, 7) is 13.4. The number of terminal acetylenes is 1. The SMILES string of the molecule is C#CC(=O)[C@@H]1CC(C(=O)OC(C)(C)C)N(C(=O)OC(C)(C)C)[C@@H]1C[C@@H](CC)OC(NC(C)=O)OC. The van der Waals surface area contributed by atoms with Gasteiger partial charge in [0.1, 0.15) is 17.2 Å². The average molecular weight is 497 g/mol. The molecule has 2 amide bonds. The first-order chi connectivity index (χ1) is 16.0.